The van der Waals surface area contributed by atoms with Crippen LogP contribution in [0.25, 0.3) is 0 Å². The van der Waals surface area contributed by atoms with Gasteiger partial charge in [-0.25, -0.2) is 0 Å². The molecule has 0 saturated carbocycles. The van der Waals surface area contributed by atoms with Gasteiger partial charge >= 0.3 is 0 Å². The Balaban J connectivity index is 1.63. The molecular formula is C14H21ClN2S. The van der Waals surface area contributed by atoms with Gasteiger partial charge in [-0.05, 0) is 57.3 Å². The maximum absolute atomic E-state index is 6.15. The summed E-state index contributed by atoms with van der Waals surface area (Å²) in [6, 6.07) is 3.44. The van der Waals surface area contributed by atoms with Crippen molar-refractivity contribution in [2.45, 2.75) is 44.2 Å². The van der Waals surface area contributed by atoms with Crippen molar-refractivity contribution in [3.8, 4) is 0 Å². The molecule has 1 saturated heterocycles. The Labute approximate surface area is 118 Å². The van der Waals surface area contributed by atoms with Gasteiger partial charge in [0.05, 0.1) is 4.34 Å². The number of thiophene rings is 1. The molecule has 4 heteroatoms. The second kappa shape index (κ2) is 5.49. The standard InChI is InChI=1S/C14H21ClN2S/c1-17-7-3-4-10(17)9-16-12-5-2-6-13-11(12)8-14(15)18-13/h8,10,12,16H,2-7,9H2,1H3. The van der Waals surface area contributed by atoms with Crippen molar-refractivity contribution in [3.05, 3.63) is 20.8 Å². The fourth-order valence-corrected chi connectivity index (χ4v) is 4.63. The minimum Gasteiger partial charge on any atom is -0.308 e. The van der Waals surface area contributed by atoms with Crippen molar-refractivity contribution in [1.29, 1.82) is 0 Å². The average molecular weight is 285 g/mol. The Kier molecular flexibility index (Phi) is 3.94. The van der Waals surface area contributed by atoms with Crippen molar-refractivity contribution in [3.63, 3.8) is 0 Å². The third kappa shape index (κ3) is 2.60. The van der Waals surface area contributed by atoms with E-state index in [1.807, 2.05) is 0 Å². The second-order valence-corrected chi connectivity index (χ2v) is 7.33. The Morgan fingerprint density at radius 1 is 1.44 bits per heavy atom. The van der Waals surface area contributed by atoms with Crippen LogP contribution in [0.3, 0.4) is 0 Å². The van der Waals surface area contributed by atoms with E-state index in [9.17, 15) is 0 Å². The van der Waals surface area contributed by atoms with Crippen LogP contribution in [0.15, 0.2) is 6.07 Å². The molecule has 1 aliphatic heterocycles. The molecule has 0 bridgehead atoms. The number of halogens is 1. The summed E-state index contributed by atoms with van der Waals surface area (Å²) in [6.45, 7) is 2.38. The van der Waals surface area contributed by atoms with E-state index in [0.29, 0.717) is 6.04 Å². The highest BCUT2D eigenvalue weighted by Crippen LogP contribution is 2.37. The number of likely N-dealkylation sites (N-methyl/N-ethyl adjacent to an activating group) is 1. The van der Waals surface area contributed by atoms with Crippen LogP contribution in [0.4, 0.5) is 0 Å². The number of hydrogen-bond donors (Lipinski definition) is 1. The largest absolute Gasteiger partial charge is 0.308 e. The molecule has 1 aromatic rings. The van der Waals surface area contributed by atoms with Crippen molar-refractivity contribution in [1.82, 2.24) is 10.2 Å². The highest BCUT2D eigenvalue weighted by Gasteiger charge is 2.25. The normalized spacial score (nSPS) is 28.6. The summed E-state index contributed by atoms with van der Waals surface area (Å²) in [6.07, 6.45) is 6.46. The minimum absolute atomic E-state index is 0.534. The van der Waals surface area contributed by atoms with Crippen molar-refractivity contribution in [2.24, 2.45) is 0 Å². The summed E-state index contributed by atoms with van der Waals surface area (Å²) in [5.74, 6) is 0. The van der Waals surface area contributed by atoms with Gasteiger partial charge in [-0.15, -0.1) is 11.3 Å². The maximum atomic E-state index is 6.15. The molecule has 1 aromatic heterocycles. The molecule has 18 heavy (non-hydrogen) atoms. The Hall–Kier alpha value is -0.0900. The zero-order valence-corrected chi connectivity index (χ0v) is 12.5. The van der Waals surface area contributed by atoms with E-state index in [1.54, 1.807) is 11.3 Å². The molecule has 1 fully saturated rings. The first-order valence-corrected chi connectivity index (χ1v) is 8.15. The van der Waals surface area contributed by atoms with E-state index in [2.05, 4.69) is 23.3 Å². The van der Waals surface area contributed by atoms with Crippen LogP contribution in [0.5, 0.6) is 0 Å². The van der Waals surface area contributed by atoms with Gasteiger partial charge in [0.25, 0.3) is 0 Å². The fourth-order valence-electron chi connectivity index (χ4n) is 3.25. The third-order valence-electron chi connectivity index (χ3n) is 4.36. The summed E-state index contributed by atoms with van der Waals surface area (Å²) in [5, 5.41) is 3.77. The van der Waals surface area contributed by atoms with Gasteiger partial charge < -0.3 is 10.2 Å². The molecule has 100 valence electrons. The SMILES string of the molecule is CN1CCCC1CNC1CCCc2sc(Cl)cc21. The average Bonchev–Trinajstić information content (AvgIpc) is 2.91. The fraction of sp³-hybridized carbons (Fsp3) is 0.714. The first kappa shape index (κ1) is 12.9. The molecule has 0 spiro atoms. The zero-order valence-electron chi connectivity index (χ0n) is 10.9. The molecule has 0 radical (unpaired) electrons. The van der Waals surface area contributed by atoms with Crippen LogP contribution in [-0.2, 0) is 6.42 Å². The Bertz CT molecular complexity index is 418. The van der Waals surface area contributed by atoms with Gasteiger partial charge in [-0.1, -0.05) is 11.6 Å². The van der Waals surface area contributed by atoms with Crippen LogP contribution >= 0.6 is 22.9 Å². The van der Waals surface area contributed by atoms with Gasteiger partial charge in [0, 0.05) is 23.5 Å². The summed E-state index contributed by atoms with van der Waals surface area (Å²) in [7, 11) is 2.24. The first-order valence-electron chi connectivity index (χ1n) is 6.96. The lowest BCUT2D eigenvalue weighted by molar-refractivity contribution is 0.287. The van der Waals surface area contributed by atoms with Crippen LogP contribution < -0.4 is 5.32 Å². The van der Waals surface area contributed by atoms with Crippen molar-refractivity contribution in [2.75, 3.05) is 20.1 Å². The van der Waals surface area contributed by atoms with Crippen LogP contribution in [0.1, 0.15) is 42.2 Å². The molecule has 2 aliphatic rings. The zero-order chi connectivity index (χ0) is 12.5. The number of nitrogens with zero attached hydrogens (tertiary/aromatic N) is 1. The van der Waals surface area contributed by atoms with E-state index in [0.717, 1.165) is 16.9 Å². The molecule has 1 N–H and O–H groups in total. The van der Waals surface area contributed by atoms with E-state index in [4.69, 9.17) is 11.6 Å². The second-order valence-electron chi connectivity index (χ2n) is 5.56. The summed E-state index contributed by atoms with van der Waals surface area (Å²) in [4.78, 5) is 3.99. The number of fused-ring (bicyclic) bond motifs is 1. The Morgan fingerprint density at radius 2 is 2.33 bits per heavy atom. The number of likely N-dealkylation sites (tertiary alicyclic amines) is 1. The predicted octanol–water partition coefficient (Wildman–Crippen LogP) is 3.46. The van der Waals surface area contributed by atoms with Crippen LogP contribution in [0, 0.1) is 0 Å². The van der Waals surface area contributed by atoms with Crippen molar-refractivity contribution >= 4 is 22.9 Å². The monoisotopic (exact) mass is 284 g/mol. The first-order chi connectivity index (χ1) is 8.74. The summed E-state index contributed by atoms with van der Waals surface area (Å²) in [5.41, 5.74) is 1.47. The highest BCUT2D eigenvalue weighted by molar-refractivity contribution is 7.16. The number of rotatable bonds is 3. The van der Waals surface area contributed by atoms with Crippen molar-refractivity contribution < 1.29 is 0 Å². The van der Waals surface area contributed by atoms with E-state index in [-0.39, 0.29) is 0 Å². The lowest BCUT2D eigenvalue weighted by Gasteiger charge is -2.27. The number of aryl methyl sites for hydroxylation is 1. The molecular weight excluding hydrogens is 264 g/mol. The van der Waals surface area contributed by atoms with E-state index in [1.165, 1.54) is 49.1 Å². The topological polar surface area (TPSA) is 15.3 Å². The quantitative estimate of drug-likeness (QED) is 0.914. The van der Waals surface area contributed by atoms with Gasteiger partial charge in [0.1, 0.15) is 0 Å². The minimum atomic E-state index is 0.534. The Morgan fingerprint density at radius 3 is 3.11 bits per heavy atom. The molecule has 2 heterocycles. The summed E-state index contributed by atoms with van der Waals surface area (Å²) >= 11 is 7.92. The van der Waals surface area contributed by atoms with Gasteiger partial charge in [0.15, 0.2) is 0 Å². The smallest absolute Gasteiger partial charge is 0.0934 e. The lowest BCUT2D eigenvalue weighted by atomic mass is 9.94. The van der Waals surface area contributed by atoms with E-state index >= 15 is 0 Å². The third-order valence-corrected chi connectivity index (χ3v) is 5.69. The molecule has 3 rings (SSSR count). The molecule has 0 aromatic carbocycles. The lowest BCUT2D eigenvalue weighted by Crippen LogP contribution is -2.37. The van der Waals surface area contributed by atoms with Gasteiger partial charge in [-0.2, -0.15) is 0 Å². The number of nitrogens with one attached hydrogen (secondary N) is 1. The van der Waals surface area contributed by atoms with Gasteiger partial charge in [0.2, 0.25) is 0 Å². The maximum Gasteiger partial charge on any atom is 0.0934 e. The van der Waals surface area contributed by atoms with Gasteiger partial charge in [-0.3, -0.25) is 0 Å². The number of hydrogen-bond acceptors (Lipinski definition) is 3. The highest BCUT2D eigenvalue weighted by atomic mass is 35.5. The molecule has 2 atom stereocenters. The van der Waals surface area contributed by atoms with Crippen LogP contribution in [0.2, 0.25) is 4.34 Å². The van der Waals surface area contributed by atoms with E-state index < -0.39 is 0 Å². The molecule has 1 aliphatic carbocycles. The predicted molar refractivity (Wildman–Crippen MR) is 78.7 cm³/mol. The molecule has 0 amide bonds. The molecule has 2 nitrogen and oxygen atoms in total. The molecule has 2 unspecified atom stereocenters. The van der Waals surface area contributed by atoms with Crippen LogP contribution in [-0.4, -0.2) is 31.1 Å². The summed E-state index contributed by atoms with van der Waals surface area (Å²) < 4.78 is 0.951.